The molecule has 1 fully saturated rings. The molecule has 1 N–H and O–H groups in total. The molecule has 0 saturated carbocycles. The fourth-order valence-corrected chi connectivity index (χ4v) is 1.72. The average Bonchev–Trinajstić information content (AvgIpc) is 2.29. The van der Waals surface area contributed by atoms with Crippen molar-refractivity contribution in [3.05, 3.63) is 0 Å². The second kappa shape index (κ2) is 4.38. The molecule has 0 radical (unpaired) electrons. The topological polar surface area (TPSA) is 15.3 Å². The number of halogens is 1. The Morgan fingerprint density at radius 2 is 2.23 bits per heavy atom. The number of alkyl halides is 1. The molecule has 0 aliphatic carbocycles. The van der Waals surface area contributed by atoms with Gasteiger partial charge in [0.2, 0.25) is 0 Å². The number of rotatable bonds is 4. The third-order valence-electron chi connectivity index (χ3n) is 2.48. The van der Waals surface area contributed by atoms with Gasteiger partial charge < -0.3 is 5.32 Å². The highest BCUT2D eigenvalue weighted by Gasteiger charge is 2.32. The Hall–Kier alpha value is -0.150. The lowest BCUT2D eigenvalue weighted by atomic mass is 10.1. The van der Waals surface area contributed by atoms with Crippen LogP contribution in [0.25, 0.3) is 0 Å². The van der Waals surface area contributed by atoms with Crippen LogP contribution in [0, 0.1) is 0 Å². The van der Waals surface area contributed by atoms with E-state index in [0.717, 1.165) is 19.6 Å². The van der Waals surface area contributed by atoms with Gasteiger partial charge in [0.1, 0.15) is 5.67 Å². The molecule has 1 aliphatic rings. The van der Waals surface area contributed by atoms with Gasteiger partial charge in [-0.25, -0.2) is 4.39 Å². The maximum absolute atomic E-state index is 13.4. The molecule has 1 rings (SSSR count). The van der Waals surface area contributed by atoms with Crippen LogP contribution in [0.2, 0.25) is 0 Å². The van der Waals surface area contributed by atoms with Gasteiger partial charge >= 0.3 is 0 Å². The number of nitrogens with one attached hydrogen (secondary N) is 1. The Morgan fingerprint density at radius 3 is 2.69 bits per heavy atom. The van der Waals surface area contributed by atoms with Crippen molar-refractivity contribution in [2.75, 3.05) is 26.2 Å². The van der Waals surface area contributed by atoms with E-state index >= 15 is 0 Å². The van der Waals surface area contributed by atoms with Crippen LogP contribution in [0.1, 0.15) is 27.2 Å². The lowest BCUT2D eigenvalue weighted by Crippen LogP contribution is -2.35. The smallest absolute Gasteiger partial charge is 0.122 e. The van der Waals surface area contributed by atoms with Gasteiger partial charge in [-0.3, -0.25) is 4.90 Å². The fraction of sp³-hybridized carbons (Fsp3) is 1.00. The van der Waals surface area contributed by atoms with Crippen LogP contribution in [-0.2, 0) is 0 Å². The second-order valence-electron chi connectivity index (χ2n) is 4.55. The van der Waals surface area contributed by atoms with E-state index in [-0.39, 0.29) is 0 Å². The van der Waals surface area contributed by atoms with Gasteiger partial charge in [-0.15, -0.1) is 0 Å². The quantitative estimate of drug-likeness (QED) is 0.718. The number of likely N-dealkylation sites (tertiary alicyclic amines) is 1. The standard InChI is InChI=1S/C10H21FN2/c1-9(2)12-5-7-13-6-4-10(3,11)8-13/h9,12H,4-8H2,1-3H3. The minimum atomic E-state index is -0.947. The summed E-state index contributed by atoms with van der Waals surface area (Å²) in [7, 11) is 0. The van der Waals surface area contributed by atoms with Crippen LogP contribution in [0.5, 0.6) is 0 Å². The molecule has 0 aromatic heterocycles. The lowest BCUT2D eigenvalue weighted by Gasteiger charge is -2.18. The van der Waals surface area contributed by atoms with Crippen molar-refractivity contribution in [3.8, 4) is 0 Å². The summed E-state index contributed by atoms with van der Waals surface area (Å²) >= 11 is 0. The zero-order valence-electron chi connectivity index (χ0n) is 8.94. The number of nitrogens with zero attached hydrogens (tertiary/aromatic N) is 1. The van der Waals surface area contributed by atoms with Crippen molar-refractivity contribution >= 4 is 0 Å². The molecule has 1 saturated heterocycles. The Labute approximate surface area is 80.5 Å². The molecule has 0 amide bonds. The molecule has 1 unspecified atom stereocenters. The van der Waals surface area contributed by atoms with Gasteiger partial charge in [0.05, 0.1) is 0 Å². The predicted molar refractivity (Wildman–Crippen MR) is 53.7 cm³/mol. The van der Waals surface area contributed by atoms with Gasteiger partial charge in [0, 0.05) is 32.2 Å². The minimum absolute atomic E-state index is 0.527. The zero-order chi connectivity index (χ0) is 9.90. The van der Waals surface area contributed by atoms with Crippen molar-refractivity contribution in [2.24, 2.45) is 0 Å². The van der Waals surface area contributed by atoms with Crippen LogP contribution in [0.3, 0.4) is 0 Å². The molecule has 0 spiro atoms. The van der Waals surface area contributed by atoms with E-state index < -0.39 is 5.67 Å². The molecular formula is C10H21FN2. The van der Waals surface area contributed by atoms with Gasteiger partial charge in [-0.1, -0.05) is 13.8 Å². The first-order valence-electron chi connectivity index (χ1n) is 5.14. The van der Waals surface area contributed by atoms with Gasteiger partial charge in [-0.2, -0.15) is 0 Å². The molecule has 0 aromatic carbocycles. The van der Waals surface area contributed by atoms with Gasteiger partial charge in [-0.05, 0) is 13.3 Å². The third kappa shape index (κ3) is 4.05. The van der Waals surface area contributed by atoms with Crippen LogP contribution < -0.4 is 5.32 Å². The van der Waals surface area contributed by atoms with E-state index in [1.54, 1.807) is 6.92 Å². The molecular weight excluding hydrogens is 167 g/mol. The fourth-order valence-electron chi connectivity index (χ4n) is 1.72. The second-order valence-corrected chi connectivity index (χ2v) is 4.55. The molecule has 0 aromatic rings. The molecule has 2 nitrogen and oxygen atoms in total. The molecule has 1 aliphatic heterocycles. The summed E-state index contributed by atoms with van der Waals surface area (Å²) in [6.45, 7) is 9.40. The van der Waals surface area contributed by atoms with E-state index in [2.05, 4.69) is 24.1 Å². The summed E-state index contributed by atoms with van der Waals surface area (Å²) < 4.78 is 13.4. The first-order valence-corrected chi connectivity index (χ1v) is 5.14. The lowest BCUT2D eigenvalue weighted by molar-refractivity contribution is 0.188. The van der Waals surface area contributed by atoms with Crippen molar-refractivity contribution in [3.63, 3.8) is 0 Å². The van der Waals surface area contributed by atoms with Crippen molar-refractivity contribution in [2.45, 2.75) is 38.9 Å². The largest absolute Gasteiger partial charge is 0.313 e. The Morgan fingerprint density at radius 1 is 1.54 bits per heavy atom. The van der Waals surface area contributed by atoms with E-state index in [0.29, 0.717) is 19.0 Å². The minimum Gasteiger partial charge on any atom is -0.313 e. The number of hydrogen-bond donors (Lipinski definition) is 1. The van der Waals surface area contributed by atoms with Crippen molar-refractivity contribution < 1.29 is 4.39 Å². The maximum atomic E-state index is 13.4. The van der Waals surface area contributed by atoms with Crippen LogP contribution in [-0.4, -0.2) is 42.8 Å². The molecule has 78 valence electrons. The van der Waals surface area contributed by atoms with E-state index in [4.69, 9.17) is 0 Å². The first kappa shape index (κ1) is 10.9. The Kier molecular flexibility index (Phi) is 3.68. The molecule has 1 atom stereocenters. The summed E-state index contributed by atoms with van der Waals surface area (Å²) in [4.78, 5) is 2.19. The summed E-state index contributed by atoms with van der Waals surface area (Å²) in [5.74, 6) is 0. The highest BCUT2D eigenvalue weighted by Crippen LogP contribution is 2.23. The van der Waals surface area contributed by atoms with Crippen LogP contribution in [0.4, 0.5) is 4.39 Å². The highest BCUT2D eigenvalue weighted by molar-refractivity contribution is 4.86. The summed E-state index contributed by atoms with van der Waals surface area (Å²) in [6.07, 6.45) is 0.689. The monoisotopic (exact) mass is 188 g/mol. The SMILES string of the molecule is CC(C)NCCN1CCC(C)(F)C1. The Balaban J connectivity index is 2.11. The normalized spacial score (nSPS) is 30.2. The van der Waals surface area contributed by atoms with Crippen molar-refractivity contribution in [1.82, 2.24) is 10.2 Å². The Bertz CT molecular complexity index is 157. The highest BCUT2D eigenvalue weighted by atomic mass is 19.1. The van der Waals surface area contributed by atoms with E-state index in [1.807, 2.05) is 0 Å². The number of hydrogen-bond acceptors (Lipinski definition) is 2. The summed E-state index contributed by atoms with van der Waals surface area (Å²) in [5, 5.41) is 3.34. The molecule has 1 heterocycles. The third-order valence-corrected chi connectivity index (χ3v) is 2.48. The first-order chi connectivity index (χ1) is 5.99. The summed E-state index contributed by atoms with van der Waals surface area (Å²) in [5.41, 5.74) is -0.947. The predicted octanol–water partition coefficient (Wildman–Crippen LogP) is 1.42. The summed E-state index contributed by atoms with van der Waals surface area (Å²) in [6, 6.07) is 0.527. The molecule has 3 heteroatoms. The van der Waals surface area contributed by atoms with Gasteiger partial charge in [0.15, 0.2) is 0 Å². The molecule has 0 bridgehead atoms. The van der Waals surface area contributed by atoms with Crippen LogP contribution in [0.15, 0.2) is 0 Å². The van der Waals surface area contributed by atoms with E-state index in [1.165, 1.54) is 0 Å². The zero-order valence-corrected chi connectivity index (χ0v) is 8.94. The molecule has 13 heavy (non-hydrogen) atoms. The van der Waals surface area contributed by atoms with E-state index in [9.17, 15) is 4.39 Å². The average molecular weight is 188 g/mol. The van der Waals surface area contributed by atoms with Gasteiger partial charge in [0.25, 0.3) is 0 Å². The van der Waals surface area contributed by atoms with Crippen LogP contribution >= 0.6 is 0 Å². The maximum Gasteiger partial charge on any atom is 0.122 e. The van der Waals surface area contributed by atoms with Crippen molar-refractivity contribution in [1.29, 1.82) is 0 Å².